The van der Waals surface area contributed by atoms with E-state index in [0.29, 0.717) is 17.4 Å². The fourth-order valence-corrected chi connectivity index (χ4v) is 2.67. The van der Waals surface area contributed by atoms with Gasteiger partial charge in [-0.05, 0) is 25.9 Å². The van der Waals surface area contributed by atoms with Crippen LogP contribution in [0.1, 0.15) is 38.4 Å². The van der Waals surface area contributed by atoms with Gasteiger partial charge >= 0.3 is 6.01 Å². The van der Waals surface area contributed by atoms with Gasteiger partial charge in [0, 0.05) is 12.1 Å². The molecule has 0 atom stereocenters. The lowest BCUT2D eigenvalue weighted by Crippen LogP contribution is -2.34. The van der Waals surface area contributed by atoms with Crippen LogP contribution in [0, 0.1) is 0 Å². The molecule has 0 radical (unpaired) electrons. The quantitative estimate of drug-likeness (QED) is 0.767. The van der Waals surface area contributed by atoms with E-state index in [1.54, 1.807) is 6.20 Å². The molecule has 0 bridgehead atoms. The minimum Gasteiger partial charge on any atom is -0.473 e. The first-order valence-electron chi connectivity index (χ1n) is 8.12. The highest BCUT2D eigenvalue weighted by Gasteiger charge is 2.22. The standard InChI is InChI=1S/C15H19N7O2/c1-9(2)12-19-15(24-21-12)22-13-11(7-17-8-18-13)14(20-22)23-10-3-5-16-6-4-10/h7-10,16H,3-6H2,1-2H3. The molecule has 1 saturated heterocycles. The number of piperidine rings is 1. The van der Waals surface area contributed by atoms with Crippen LogP contribution in [0.3, 0.4) is 0 Å². The van der Waals surface area contributed by atoms with E-state index in [1.807, 2.05) is 13.8 Å². The molecule has 4 heterocycles. The Morgan fingerprint density at radius 2 is 2.17 bits per heavy atom. The summed E-state index contributed by atoms with van der Waals surface area (Å²) >= 11 is 0. The molecule has 126 valence electrons. The van der Waals surface area contributed by atoms with Gasteiger partial charge in [-0.2, -0.15) is 9.67 Å². The molecule has 1 aliphatic heterocycles. The summed E-state index contributed by atoms with van der Waals surface area (Å²) in [6.45, 7) is 5.90. The Morgan fingerprint density at radius 1 is 1.33 bits per heavy atom. The van der Waals surface area contributed by atoms with Gasteiger partial charge in [-0.3, -0.25) is 0 Å². The molecule has 3 aromatic rings. The van der Waals surface area contributed by atoms with Crippen molar-refractivity contribution in [3.63, 3.8) is 0 Å². The first kappa shape index (κ1) is 15.0. The maximum atomic E-state index is 6.08. The minimum absolute atomic E-state index is 0.131. The van der Waals surface area contributed by atoms with Gasteiger partial charge in [-0.15, -0.1) is 5.10 Å². The highest BCUT2D eigenvalue weighted by Crippen LogP contribution is 2.27. The Balaban J connectivity index is 1.72. The lowest BCUT2D eigenvalue weighted by molar-refractivity contribution is 0.156. The first-order valence-corrected chi connectivity index (χ1v) is 8.12. The Hall–Kier alpha value is -2.55. The summed E-state index contributed by atoms with van der Waals surface area (Å²) in [5.74, 6) is 1.30. The molecule has 1 fully saturated rings. The van der Waals surface area contributed by atoms with Crippen molar-refractivity contribution in [1.82, 2.24) is 35.2 Å². The van der Waals surface area contributed by atoms with Gasteiger partial charge in [0.2, 0.25) is 5.88 Å². The van der Waals surface area contributed by atoms with E-state index in [-0.39, 0.29) is 18.0 Å². The maximum Gasteiger partial charge on any atom is 0.350 e. The summed E-state index contributed by atoms with van der Waals surface area (Å²) in [7, 11) is 0. The number of hydrogen-bond donors (Lipinski definition) is 1. The van der Waals surface area contributed by atoms with Crippen molar-refractivity contribution >= 4 is 11.0 Å². The topological polar surface area (TPSA) is 104 Å². The summed E-state index contributed by atoms with van der Waals surface area (Å²) in [4.78, 5) is 12.8. The molecule has 9 nitrogen and oxygen atoms in total. The molecule has 0 unspecified atom stereocenters. The van der Waals surface area contributed by atoms with E-state index < -0.39 is 0 Å². The fourth-order valence-electron chi connectivity index (χ4n) is 2.67. The Kier molecular flexibility index (Phi) is 3.85. The normalized spacial score (nSPS) is 16.1. The molecule has 24 heavy (non-hydrogen) atoms. The lowest BCUT2D eigenvalue weighted by Gasteiger charge is -2.22. The summed E-state index contributed by atoms with van der Waals surface area (Å²) in [6.07, 6.45) is 5.18. The second-order valence-corrected chi connectivity index (χ2v) is 6.13. The van der Waals surface area contributed by atoms with Crippen LogP contribution in [0.25, 0.3) is 17.0 Å². The zero-order chi connectivity index (χ0) is 16.5. The van der Waals surface area contributed by atoms with Crippen LogP contribution >= 0.6 is 0 Å². The van der Waals surface area contributed by atoms with E-state index >= 15 is 0 Å². The molecule has 0 spiro atoms. The molecule has 9 heteroatoms. The predicted octanol–water partition coefficient (Wildman–Crippen LogP) is 1.45. The van der Waals surface area contributed by atoms with Gasteiger partial charge in [0.05, 0.1) is 0 Å². The minimum atomic E-state index is 0.131. The van der Waals surface area contributed by atoms with Crippen molar-refractivity contribution in [3.05, 3.63) is 18.3 Å². The average Bonchev–Trinajstić information content (AvgIpc) is 3.21. The van der Waals surface area contributed by atoms with Gasteiger partial charge in [-0.1, -0.05) is 19.0 Å². The van der Waals surface area contributed by atoms with Crippen molar-refractivity contribution in [2.75, 3.05) is 13.1 Å². The molecule has 4 rings (SSSR count). The molecule has 0 amide bonds. The number of aromatic nitrogens is 6. The number of ether oxygens (including phenoxy) is 1. The SMILES string of the molecule is CC(C)c1noc(-n2nc(OC3CCNCC3)c3cncnc32)n1. The van der Waals surface area contributed by atoms with Crippen LogP contribution in [0.4, 0.5) is 0 Å². The summed E-state index contributed by atoms with van der Waals surface area (Å²) < 4.78 is 12.9. The Bertz CT molecular complexity index is 835. The lowest BCUT2D eigenvalue weighted by atomic mass is 10.1. The third kappa shape index (κ3) is 2.71. The molecule has 0 aliphatic carbocycles. The van der Waals surface area contributed by atoms with Crippen LogP contribution in [-0.2, 0) is 0 Å². The van der Waals surface area contributed by atoms with Crippen molar-refractivity contribution in [2.45, 2.75) is 38.7 Å². The molecular weight excluding hydrogens is 310 g/mol. The van der Waals surface area contributed by atoms with Gasteiger partial charge in [0.25, 0.3) is 0 Å². The average molecular weight is 329 g/mol. The highest BCUT2D eigenvalue weighted by atomic mass is 16.5. The van der Waals surface area contributed by atoms with Crippen molar-refractivity contribution in [3.8, 4) is 11.9 Å². The van der Waals surface area contributed by atoms with Crippen LogP contribution in [0.2, 0.25) is 0 Å². The smallest absolute Gasteiger partial charge is 0.350 e. The van der Waals surface area contributed by atoms with Gasteiger partial charge in [0.1, 0.15) is 17.8 Å². The Labute approximate surface area is 138 Å². The molecule has 1 aliphatic rings. The fraction of sp³-hybridized carbons (Fsp3) is 0.533. The first-order chi connectivity index (χ1) is 11.7. The molecule has 0 saturated carbocycles. The molecule has 3 aromatic heterocycles. The number of fused-ring (bicyclic) bond motifs is 1. The van der Waals surface area contributed by atoms with Gasteiger partial charge in [0.15, 0.2) is 11.5 Å². The van der Waals surface area contributed by atoms with E-state index in [0.717, 1.165) is 31.3 Å². The summed E-state index contributed by atoms with van der Waals surface area (Å²) in [5.41, 5.74) is 0.591. The number of nitrogens with one attached hydrogen (secondary N) is 1. The van der Waals surface area contributed by atoms with Crippen molar-refractivity contribution in [1.29, 1.82) is 0 Å². The Morgan fingerprint density at radius 3 is 2.92 bits per heavy atom. The largest absolute Gasteiger partial charge is 0.473 e. The maximum absolute atomic E-state index is 6.08. The third-order valence-corrected chi connectivity index (χ3v) is 4.01. The summed E-state index contributed by atoms with van der Waals surface area (Å²) in [6, 6.07) is 0.280. The second-order valence-electron chi connectivity index (χ2n) is 6.13. The number of rotatable bonds is 4. The molecular formula is C15H19N7O2. The molecule has 0 aromatic carbocycles. The zero-order valence-electron chi connectivity index (χ0n) is 13.6. The van der Waals surface area contributed by atoms with Crippen LogP contribution in [-0.4, -0.2) is 49.1 Å². The van der Waals surface area contributed by atoms with E-state index in [4.69, 9.17) is 9.26 Å². The highest BCUT2D eigenvalue weighted by molar-refractivity contribution is 5.81. The zero-order valence-corrected chi connectivity index (χ0v) is 13.6. The van der Waals surface area contributed by atoms with Crippen molar-refractivity contribution < 1.29 is 9.26 Å². The van der Waals surface area contributed by atoms with E-state index in [1.165, 1.54) is 11.0 Å². The van der Waals surface area contributed by atoms with Crippen LogP contribution < -0.4 is 10.1 Å². The third-order valence-electron chi connectivity index (χ3n) is 4.01. The van der Waals surface area contributed by atoms with Gasteiger partial charge < -0.3 is 14.6 Å². The van der Waals surface area contributed by atoms with Crippen LogP contribution in [0.5, 0.6) is 5.88 Å². The van der Waals surface area contributed by atoms with Gasteiger partial charge in [-0.25, -0.2) is 9.97 Å². The second kappa shape index (κ2) is 6.16. The van der Waals surface area contributed by atoms with Crippen molar-refractivity contribution in [2.24, 2.45) is 0 Å². The number of hydrogen-bond acceptors (Lipinski definition) is 8. The van der Waals surface area contributed by atoms with E-state index in [9.17, 15) is 0 Å². The predicted molar refractivity (Wildman–Crippen MR) is 85.1 cm³/mol. The monoisotopic (exact) mass is 329 g/mol. The van der Waals surface area contributed by atoms with Crippen LogP contribution in [0.15, 0.2) is 17.0 Å². The summed E-state index contributed by atoms with van der Waals surface area (Å²) in [5, 5.41) is 12.5. The van der Waals surface area contributed by atoms with E-state index in [2.05, 4.69) is 30.5 Å². The number of nitrogens with zero attached hydrogens (tertiary/aromatic N) is 6. The molecule has 1 N–H and O–H groups in total.